The number of nitrogens with zero attached hydrogens (tertiary/aromatic N) is 5. The molecular formula is C27H29N7O2. The van der Waals surface area contributed by atoms with Crippen molar-refractivity contribution in [2.24, 2.45) is 4.99 Å². The average molecular weight is 484 g/mol. The number of benzene rings is 1. The molecule has 0 aliphatic carbocycles. The zero-order valence-corrected chi connectivity index (χ0v) is 20.8. The van der Waals surface area contributed by atoms with Gasteiger partial charge in [-0.25, -0.2) is 4.98 Å². The Kier molecular flexibility index (Phi) is 7.79. The van der Waals surface area contributed by atoms with Crippen molar-refractivity contribution in [1.29, 1.82) is 5.41 Å². The van der Waals surface area contributed by atoms with Gasteiger partial charge in [-0.1, -0.05) is 13.8 Å². The van der Waals surface area contributed by atoms with Crippen LogP contribution in [-0.4, -0.2) is 52.9 Å². The van der Waals surface area contributed by atoms with E-state index >= 15 is 0 Å². The number of methoxy groups -OCH3 is 1. The summed E-state index contributed by atoms with van der Waals surface area (Å²) in [6.07, 6.45) is 5.24. The number of aliphatic imine (C=N–C) groups is 1. The summed E-state index contributed by atoms with van der Waals surface area (Å²) in [5, 5.41) is 20.1. The van der Waals surface area contributed by atoms with Crippen LogP contribution in [0.3, 0.4) is 0 Å². The topological polar surface area (TPSA) is 118 Å². The molecule has 0 saturated heterocycles. The smallest absolute Gasteiger partial charge is 0.154 e. The molecule has 0 fully saturated rings. The van der Waals surface area contributed by atoms with Crippen molar-refractivity contribution in [1.82, 2.24) is 20.2 Å². The number of anilines is 2. The van der Waals surface area contributed by atoms with Crippen LogP contribution in [0.1, 0.15) is 36.8 Å². The molecule has 3 aromatic heterocycles. The Bertz CT molecular complexity index is 1370. The highest BCUT2D eigenvalue weighted by Gasteiger charge is 2.17. The number of rotatable bonds is 10. The molecule has 9 nitrogen and oxygen atoms in total. The Morgan fingerprint density at radius 2 is 1.78 bits per heavy atom. The highest BCUT2D eigenvalue weighted by atomic mass is 16.5. The maximum atomic E-state index is 8.65. The maximum absolute atomic E-state index is 8.65. The average Bonchev–Trinajstić information content (AvgIpc) is 2.90. The standard InChI is InChI=1S/C27H29N7O2/c1-17(2)18-12-27(34-31-14-18)33-26-10-9-24-25(32-26)11-19(13-30-24)22(15-29-3)23(28)16-36-21-7-5-20(35-4)6-8-21/h5-15,17,22,28H,16H2,1-4H3,(H,32,33,34). The van der Waals surface area contributed by atoms with Gasteiger partial charge in [-0.05, 0) is 65.6 Å². The Labute approximate surface area is 210 Å². The molecule has 9 heteroatoms. The van der Waals surface area contributed by atoms with Crippen LogP contribution in [0.4, 0.5) is 11.6 Å². The molecule has 0 spiro atoms. The Balaban J connectivity index is 1.53. The van der Waals surface area contributed by atoms with Crippen molar-refractivity contribution in [2.75, 3.05) is 26.1 Å². The minimum absolute atomic E-state index is 0.112. The van der Waals surface area contributed by atoms with Crippen LogP contribution in [0.5, 0.6) is 11.5 Å². The van der Waals surface area contributed by atoms with Crippen molar-refractivity contribution >= 4 is 34.6 Å². The Hall–Kier alpha value is -4.40. The van der Waals surface area contributed by atoms with E-state index in [4.69, 9.17) is 19.9 Å². The van der Waals surface area contributed by atoms with E-state index in [-0.39, 0.29) is 6.61 Å². The van der Waals surface area contributed by atoms with E-state index in [1.165, 1.54) is 0 Å². The van der Waals surface area contributed by atoms with Crippen molar-refractivity contribution in [2.45, 2.75) is 25.7 Å². The summed E-state index contributed by atoms with van der Waals surface area (Å²) >= 11 is 0. The number of aromatic nitrogens is 4. The first-order chi connectivity index (χ1) is 17.5. The van der Waals surface area contributed by atoms with Gasteiger partial charge in [-0.15, -0.1) is 5.10 Å². The second kappa shape index (κ2) is 11.4. The summed E-state index contributed by atoms with van der Waals surface area (Å²) < 4.78 is 11.0. The molecule has 0 radical (unpaired) electrons. The van der Waals surface area contributed by atoms with Crippen LogP contribution >= 0.6 is 0 Å². The Morgan fingerprint density at radius 1 is 1.00 bits per heavy atom. The monoisotopic (exact) mass is 483 g/mol. The molecule has 3 heterocycles. The fraction of sp³-hybridized carbons (Fsp3) is 0.259. The third-order valence-corrected chi connectivity index (χ3v) is 5.64. The van der Waals surface area contributed by atoms with Crippen LogP contribution in [0.15, 0.2) is 65.9 Å². The zero-order chi connectivity index (χ0) is 25.5. The first-order valence-corrected chi connectivity index (χ1v) is 11.6. The largest absolute Gasteiger partial charge is 0.497 e. The molecule has 0 bridgehead atoms. The van der Waals surface area contributed by atoms with E-state index in [9.17, 15) is 0 Å². The van der Waals surface area contributed by atoms with Crippen LogP contribution in [-0.2, 0) is 0 Å². The van der Waals surface area contributed by atoms with E-state index in [1.807, 2.05) is 48.5 Å². The lowest BCUT2D eigenvalue weighted by atomic mass is 9.96. The zero-order valence-electron chi connectivity index (χ0n) is 20.8. The second-order valence-corrected chi connectivity index (χ2v) is 8.53. The fourth-order valence-corrected chi connectivity index (χ4v) is 3.60. The van der Waals surface area contributed by atoms with Crippen LogP contribution in [0.25, 0.3) is 11.0 Å². The van der Waals surface area contributed by atoms with Gasteiger partial charge in [0.05, 0.1) is 36.0 Å². The van der Waals surface area contributed by atoms with E-state index < -0.39 is 5.92 Å². The summed E-state index contributed by atoms with van der Waals surface area (Å²) in [6.45, 7) is 4.33. The summed E-state index contributed by atoms with van der Waals surface area (Å²) in [7, 11) is 3.30. The lowest BCUT2D eigenvalue weighted by Crippen LogP contribution is -2.21. The summed E-state index contributed by atoms with van der Waals surface area (Å²) in [4.78, 5) is 13.4. The normalized spacial score (nSPS) is 12.1. The number of hydrogen-bond donors (Lipinski definition) is 2. The van der Waals surface area contributed by atoms with Gasteiger partial charge in [-0.2, -0.15) is 5.10 Å². The van der Waals surface area contributed by atoms with E-state index in [2.05, 4.69) is 39.3 Å². The summed E-state index contributed by atoms with van der Waals surface area (Å²) in [5.41, 5.74) is 3.70. The van der Waals surface area contributed by atoms with Crippen LogP contribution in [0, 0.1) is 5.41 Å². The molecule has 0 aliphatic rings. The molecule has 0 saturated carbocycles. The molecule has 1 unspecified atom stereocenters. The van der Waals surface area contributed by atoms with E-state index in [0.29, 0.717) is 34.5 Å². The third kappa shape index (κ3) is 5.99. The molecule has 184 valence electrons. The van der Waals surface area contributed by atoms with Crippen molar-refractivity contribution in [3.63, 3.8) is 0 Å². The fourth-order valence-electron chi connectivity index (χ4n) is 3.60. The third-order valence-electron chi connectivity index (χ3n) is 5.64. The highest BCUT2D eigenvalue weighted by Crippen LogP contribution is 2.23. The Morgan fingerprint density at radius 3 is 2.50 bits per heavy atom. The van der Waals surface area contributed by atoms with Gasteiger partial charge < -0.3 is 20.2 Å². The molecule has 2 N–H and O–H groups in total. The highest BCUT2D eigenvalue weighted by molar-refractivity contribution is 6.03. The van der Waals surface area contributed by atoms with E-state index in [1.54, 1.807) is 32.8 Å². The number of fused-ring (bicyclic) bond motifs is 1. The minimum Gasteiger partial charge on any atom is -0.497 e. The molecule has 4 rings (SSSR count). The maximum Gasteiger partial charge on any atom is 0.154 e. The lowest BCUT2D eigenvalue weighted by Gasteiger charge is -2.16. The molecule has 36 heavy (non-hydrogen) atoms. The van der Waals surface area contributed by atoms with Crippen molar-refractivity contribution < 1.29 is 9.47 Å². The first kappa shape index (κ1) is 24.7. The molecule has 0 amide bonds. The number of ether oxygens (including phenoxy) is 2. The molecule has 4 aromatic rings. The number of hydrogen-bond acceptors (Lipinski definition) is 9. The van der Waals surface area contributed by atoms with Gasteiger partial charge in [0.1, 0.15) is 23.9 Å². The molecular weight excluding hydrogens is 454 g/mol. The number of nitrogens with one attached hydrogen (secondary N) is 2. The van der Waals surface area contributed by atoms with Gasteiger partial charge in [0.2, 0.25) is 0 Å². The van der Waals surface area contributed by atoms with Gasteiger partial charge in [0.15, 0.2) is 5.82 Å². The SMILES string of the molecule is CN=CC(C(=N)COc1ccc(OC)cc1)c1cnc2ccc(Nc3cc(C(C)C)cnn3)nc2c1. The van der Waals surface area contributed by atoms with Crippen LogP contribution < -0.4 is 14.8 Å². The predicted octanol–water partition coefficient (Wildman–Crippen LogP) is 5.18. The van der Waals surface area contributed by atoms with Gasteiger partial charge >= 0.3 is 0 Å². The lowest BCUT2D eigenvalue weighted by molar-refractivity contribution is 0.371. The first-order valence-electron chi connectivity index (χ1n) is 11.6. The molecule has 1 atom stereocenters. The molecule has 1 aromatic carbocycles. The summed E-state index contributed by atoms with van der Waals surface area (Å²) in [5.74, 6) is 2.62. The number of pyridine rings is 2. The van der Waals surface area contributed by atoms with Crippen LogP contribution in [0.2, 0.25) is 0 Å². The van der Waals surface area contributed by atoms with Gasteiger partial charge in [0.25, 0.3) is 0 Å². The molecule has 0 aliphatic heterocycles. The summed E-state index contributed by atoms with van der Waals surface area (Å²) in [6, 6.07) is 14.9. The predicted molar refractivity (Wildman–Crippen MR) is 142 cm³/mol. The van der Waals surface area contributed by atoms with Gasteiger partial charge in [0, 0.05) is 19.5 Å². The van der Waals surface area contributed by atoms with Crippen molar-refractivity contribution in [3.8, 4) is 11.5 Å². The van der Waals surface area contributed by atoms with Crippen molar-refractivity contribution in [3.05, 3.63) is 72.1 Å². The van der Waals surface area contributed by atoms with E-state index in [0.717, 1.165) is 22.4 Å². The minimum atomic E-state index is -0.392. The van der Waals surface area contributed by atoms with Gasteiger partial charge in [-0.3, -0.25) is 9.98 Å². The quantitative estimate of drug-likeness (QED) is 0.298. The second-order valence-electron chi connectivity index (χ2n) is 8.53.